The van der Waals surface area contributed by atoms with Gasteiger partial charge >= 0.3 is 0 Å². The van der Waals surface area contributed by atoms with E-state index in [0.717, 1.165) is 0 Å². The molecule has 2 aromatic heterocycles. The molecular formula is C16H23N5O2. The minimum atomic E-state index is -0.494. The van der Waals surface area contributed by atoms with E-state index < -0.39 is 11.5 Å². The maximum Gasteiger partial charge on any atom is 0.251 e. The lowest BCUT2D eigenvalue weighted by molar-refractivity contribution is 0.0138. The molecule has 0 radical (unpaired) electrons. The lowest BCUT2D eigenvalue weighted by Gasteiger charge is -2.33. The predicted molar refractivity (Wildman–Crippen MR) is 86.1 cm³/mol. The highest BCUT2D eigenvalue weighted by Gasteiger charge is 2.30. The molecule has 0 aliphatic rings. The second-order valence-corrected chi connectivity index (χ2v) is 6.60. The molecule has 7 nitrogen and oxygen atoms in total. The van der Waals surface area contributed by atoms with Crippen molar-refractivity contribution in [3.05, 3.63) is 36.5 Å². The fraction of sp³-hybridized carbons (Fsp3) is 0.500. The molecule has 7 heteroatoms. The fourth-order valence-corrected chi connectivity index (χ4v) is 2.43. The molecule has 0 aliphatic carbocycles. The quantitative estimate of drug-likeness (QED) is 0.841. The Balaban J connectivity index is 2.06. The van der Waals surface area contributed by atoms with E-state index in [1.54, 1.807) is 18.3 Å². The minimum Gasteiger partial charge on any atom is -0.392 e. The number of rotatable bonds is 6. The molecule has 0 saturated carbocycles. The Bertz CT molecular complexity index is 652. The first-order valence-corrected chi connectivity index (χ1v) is 7.58. The van der Waals surface area contributed by atoms with Gasteiger partial charge in [0.2, 0.25) is 0 Å². The molecule has 1 amide bonds. The molecule has 2 heterocycles. The molecular weight excluding hydrogens is 294 g/mol. The van der Waals surface area contributed by atoms with Crippen molar-refractivity contribution in [1.29, 1.82) is 0 Å². The van der Waals surface area contributed by atoms with E-state index in [0.29, 0.717) is 17.9 Å². The SMILES string of the molecule is CC(C)C(O)C(C)(C)CNC(=O)c1ccnc(-n2cncn2)c1. The summed E-state index contributed by atoms with van der Waals surface area (Å²) in [4.78, 5) is 20.4. The monoisotopic (exact) mass is 317 g/mol. The Morgan fingerprint density at radius 2 is 2.17 bits per heavy atom. The largest absolute Gasteiger partial charge is 0.392 e. The summed E-state index contributed by atoms with van der Waals surface area (Å²) in [5.41, 5.74) is 0.0753. The summed E-state index contributed by atoms with van der Waals surface area (Å²) < 4.78 is 1.49. The number of aromatic nitrogens is 4. The zero-order valence-corrected chi connectivity index (χ0v) is 13.9. The highest BCUT2D eigenvalue weighted by molar-refractivity contribution is 5.94. The third kappa shape index (κ3) is 4.13. The number of hydrogen-bond donors (Lipinski definition) is 2. The molecule has 124 valence electrons. The van der Waals surface area contributed by atoms with Gasteiger partial charge < -0.3 is 10.4 Å². The molecule has 2 aromatic rings. The van der Waals surface area contributed by atoms with Gasteiger partial charge in [0.25, 0.3) is 5.91 Å². The van der Waals surface area contributed by atoms with Gasteiger partial charge in [-0.25, -0.2) is 14.6 Å². The van der Waals surface area contributed by atoms with Crippen LogP contribution >= 0.6 is 0 Å². The molecule has 0 fully saturated rings. The van der Waals surface area contributed by atoms with E-state index in [2.05, 4.69) is 20.4 Å². The van der Waals surface area contributed by atoms with Crippen LogP contribution in [0.25, 0.3) is 5.82 Å². The van der Waals surface area contributed by atoms with Crippen LogP contribution in [0.15, 0.2) is 31.0 Å². The molecule has 0 aromatic carbocycles. The smallest absolute Gasteiger partial charge is 0.251 e. The van der Waals surface area contributed by atoms with Crippen molar-refractivity contribution in [3.8, 4) is 5.82 Å². The maximum absolute atomic E-state index is 12.3. The maximum atomic E-state index is 12.3. The van der Waals surface area contributed by atoms with Crippen molar-refractivity contribution in [2.45, 2.75) is 33.8 Å². The number of nitrogens with zero attached hydrogens (tertiary/aromatic N) is 4. The second kappa shape index (κ2) is 6.87. The van der Waals surface area contributed by atoms with Crippen LogP contribution in [0.2, 0.25) is 0 Å². The Kier molecular flexibility index (Phi) is 5.10. The summed E-state index contributed by atoms with van der Waals surface area (Å²) in [7, 11) is 0. The van der Waals surface area contributed by atoms with Crippen molar-refractivity contribution in [2.24, 2.45) is 11.3 Å². The summed E-state index contributed by atoms with van der Waals surface area (Å²) in [6.45, 7) is 8.17. The van der Waals surface area contributed by atoms with E-state index in [1.165, 1.54) is 17.3 Å². The highest BCUT2D eigenvalue weighted by atomic mass is 16.3. The first-order valence-electron chi connectivity index (χ1n) is 7.58. The Morgan fingerprint density at radius 1 is 1.43 bits per heavy atom. The van der Waals surface area contributed by atoms with Crippen molar-refractivity contribution in [2.75, 3.05) is 6.54 Å². The summed E-state index contributed by atoms with van der Waals surface area (Å²) in [6.07, 6.45) is 3.99. The van der Waals surface area contributed by atoms with Crippen molar-refractivity contribution in [3.63, 3.8) is 0 Å². The molecule has 1 unspecified atom stereocenters. The van der Waals surface area contributed by atoms with E-state index in [1.807, 2.05) is 27.7 Å². The van der Waals surface area contributed by atoms with Gasteiger partial charge in [0.15, 0.2) is 5.82 Å². The second-order valence-electron chi connectivity index (χ2n) is 6.60. The van der Waals surface area contributed by atoms with Gasteiger partial charge in [-0.2, -0.15) is 5.10 Å². The molecule has 2 N–H and O–H groups in total. The Morgan fingerprint density at radius 3 is 2.78 bits per heavy atom. The topological polar surface area (TPSA) is 92.9 Å². The van der Waals surface area contributed by atoms with Crippen LogP contribution in [0.4, 0.5) is 0 Å². The summed E-state index contributed by atoms with van der Waals surface area (Å²) in [6, 6.07) is 3.29. The summed E-state index contributed by atoms with van der Waals surface area (Å²) in [5.74, 6) is 0.441. The molecule has 0 saturated heterocycles. The minimum absolute atomic E-state index is 0.127. The molecule has 1 atom stereocenters. The zero-order chi connectivity index (χ0) is 17.0. The normalized spacial score (nSPS) is 13.1. The number of amides is 1. The predicted octanol–water partition coefficient (Wildman–Crippen LogP) is 1.44. The average Bonchev–Trinajstić information content (AvgIpc) is 3.06. The number of carbonyl (C=O) groups excluding carboxylic acids is 1. The summed E-state index contributed by atoms with van der Waals surface area (Å²) in [5, 5.41) is 17.1. The van der Waals surface area contributed by atoms with Crippen LogP contribution in [-0.2, 0) is 0 Å². The third-order valence-electron chi connectivity index (χ3n) is 3.80. The Hall–Kier alpha value is -2.28. The zero-order valence-electron chi connectivity index (χ0n) is 13.9. The molecule has 0 spiro atoms. The van der Waals surface area contributed by atoms with Gasteiger partial charge in [0.1, 0.15) is 12.7 Å². The van der Waals surface area contributed by atoms with Crippen LogP contribution < -0.4 is 5.32 Å². The standard InChI is InChI=1S/C16H23N5O2/c1-11(2)14(22)16(3,4)8-19-15(23)12-5-6-18-13(7-12)21-10-17-9-20-21/h5-7,9-11,14,22H,8H2,1-4H3,(H,19,23). The van der Waals surface area contributed by atoms with Gasteiger partial charge in [-0.3, -0.25) is 4.79 Å². The van der Waals surface area contributed by atoms with Crippen LogP contribution in [0.1, 0.15) is 38.1 Å². The van der Waals surface area contributed by atoms with E-state index in [4.69, 9.17) is 0 Å². The highest BCUT2D eigenvalue weighted by Crippen LogP contribution is 2.25. The van der Waals surface area contributed by atoms with Gasteiger partial charge in [0, 0.05) is 23.7 Å². The Labute approximate surface area is 135 Å². The van der Waals surface area contributed by atoms with Gasteiger partial charge in [-0.15, -0.1) is 0 Å². The lowest BCUT2D eigenvalue weighted by Crippen LogP contribution is -2.43. The van der Waals surface area contributed by atoms with E-state index in [-0.39, 0.29) is 11.8 Å². The molecule has 2 rings (SSSR count). The van der Waals surface area contributed by atoms with Gasteiger partial charge in [0.05, 0.1) is 6.10 Å². The fourth-order valence-electron chi connectivity index (χ4n) is 2.43. The van der Waals surface area contributed by atoms with Crippen molar-refractivity contribution in [1.82, 2.24) is 25.1 Å². The number of carbonyl (C=O) groups is 1. The lowest BCUT2D eigenvalue weighted by atomic mass is 9.80. The third-order valence-corrected chi connectivity index (χ3v) is 3.80. The molecule has 23 heavy (non-hydrogen) atoms. The van der Waals surface area contributed by atoms with E-state index >= 15 is 0 Å². The molecule has 0 bridgehead atoms. The van der Waals surface area contributed by atoms with Crippen LogP contribution in [0, 0.1) is 11.3 Å². The molecule has 0 aliphatic heterocycles. The van der Waals surface area contributed by atoms with Crippen molar-refractivity contribution >= 4 is 5.91 Å². The van der Waals surface area contributed by atoms with Crippen molar-refractivity contribution < 1.29 is 9.90 Å². The average molecular weight is 317 g/mol. The van der Waals surface area contributed by atoms with Crippen LogP contribution in [0.3, 0.4) is 0 Å². The number of hydrogen-bond acceptors (Lipinski definition) is 5. The number of aliphatic hydroxyl groups excluding tert-OH is 1. The van der Waals surface area contributed by atoms with E-state index in [9.17, 15) is 9.90 Å². The number of pyridine rings is 1. The first kappa shape index (κ1) is 17.1. The van der Waals surface area contributed by atoms with Crippen LogP contribution in [0.5, 0.6) is 0 Å². The summed E-state index contributed by atoms with van der Waals surface area (Å²) >= 11 is 0. The van der Waals surface area contributed by atoms with Gasteiger partial charge in [-0.05, 0) is 18.1 Å². The first-order chi connectivity index (χ1) is 10.8. The van der Waals surface area contributed by atoms with Gasteiger partial charge in [-0.1, -0.05) is 27.7 Å². The van der Waals surface area contributed by atoms with Crippen LogP contribution in [-0.4, -0.2) is 43.4 Å². The number of nitrogens with one attached hydrogen (secondary N) is 1. The number of aliphatic hydroxyl groups is 1.